The quantitative estimate of drug-likeness (QED) is 0.375. The molecule has 4 N–H and O–H groups in total. The lowest BCUT2D eigenvalue weighted by molar-refractivity contribution is 0.140. The van der Waals surface area contributed by atoms with Gasteiger partial charge in [-0.2, -0.15) is 0 Å². The highest BCUT2D eigenvalue weighted by atomic mass is 28.4. The maximum Gasteiger partial charge on any atom is 0.190 e. The largest absolute Gasteiger partial charge is 0.415 e. The van der Waals surface area contributed by atoms with E-state index in [1.165, 1.54) is 18.5 Å². The van der Waals surface area contributed by atoms with Crippen molar-refractivity contribution >= 4 is 24.5 Å². The fraction of sp³-hybridized carbons (Fsp3) is 1.00. The first kappa shape index (κ1) is 26.5. The summed E-state index contributed by atoms with van der Waals surface area (Å²) in [6, 6.07) is 2.57. The van der Waals surface area contributed by atoms with Gasteiger partial charge in [-0.3, -0.25) is 0 Å². The Morgan fingerprint density at radius 2 is 1.15 bits per heavy atom. The van der Waals surface area contributed by atoms with Crippen molar-refractivity contribution in [1.82, 2.24) is 0 Å². The van der Waals surface area contributed by atoms with Crippen LogP contribution in [0.4, 0.5) is 0 Å². The summed E-state index contributed by atoms with van der Waals surface area (Å²) in [4.78, 5) is 0. The highest BCUT2D eigenvalue weighted by molar-refractivity contribution is 6.97. The first-order valence-electron chi connectivity index (χ1n) is 10.8. The van der Waals surface area contributed by atoms with Crippen LogP contribution in [-0.4, -0.2) is 42.8 Å². The zero-order valence-electron chi connectivity index (χ0n) is 19.7. The van der Waals surface area contributed by atoms with Gasteiger partial charge in [0.05, 0.1) is 16.1 Å². The first-order chi connectivity index (χ1) is 11.7. The average molecular weight is 419 g/mol. The predicted octanol–water partition coefficient (Wildman–Crippen LogP) is 5.74. The monoisotopic (exact) mass is 418 g/mol. The molecule has 6 heteroatoms. The van der Waals surface area contributed by atoms with E-state index in [2.05, 4.69) is 67.0 Å². The third kappa shape index (κ3) is 5.54. The van der Waals surface area contributed by atoms with Gasteiger partial charge in [0.25, 0.3) is 0 Å². The Morgan fingerprint density at radius 3 is 1.50 bits per heavy atom. The molecule has 2 unspecified atom stereocenters. The standard InChI is InChI=1S/C20H50N2OSi3/c1-11-19(3,24(5,6)17-13-15-21)23-26(9,10)20(4,12-2)25(7,8)18-14-16-22/h11-18,21-22H2,1-10H3. The van der Waals surface area contributed by atoms with Crippen LogP contribution in [0.25, 0.3) is 0 Å². The molecule has 0 aliphatic heterocycles. The van der Waals surface area contributed by atoms with Gasteiger partial charge in [0.1, 0.15) is 0 Å². The molecule has 158 valence electrons. The minimum Gasteiger partial charge on any atom is -0.415 e. The van der Waals surface area contributed by atoms with Gasteiger partial charge in [0.15, 0.2) is 8.32 Å². The van der Waals surface area contributed by atoms with Crippen LogP contribution < -0.4 is 11.5 Å². The molecule has 0 aliphatic rings. The summed E-state index contributed by atoms with van der Waals surface area (Å²) in [7, 11) is -4.92. The molecule has 26 heavy (non-hydrogen) atoms. The lowest BCUT2D eigenvalue weighted by Crippen LogP contribution is -2.64. The van der Waals surface area contributed by atoms with Gasteiger partial charge in [0, 0.05) is 5.22 Å². The average Bonchev–Trinajstić information content (AvgIpc) is 2.56. The van der Waals surface area contributed by atoms with Gasteiger partial charge < -0.3 is 15.9 Å². The minimum absolute atomic E-state index is 0.0344. The second-order valence-corrected chi connectivity index (χ2v) is 26.0. The molecule has 0 saturated heterocycles. The van der Waals surface area contributed by atoms with E-state index in [9.17, 15) is 0 Å². The van der Waals surface area contributed by atoms with Crippen molar-refractivity contribution in [2.24, 2.45) is 11.5 Å². The second kappa shape index (κ2) is 9.83. The Labute approximate surface area is 168 Å². The summed E-state index contributed by atoms with van der Waals surface area (Å²) in [5.41, 5.74) is 11.7. The van der Waals surface area contributed by atoms with Crippen molar-refractivity contribution in [2.45, 2.75) is 115 Å². The first-order valence-corrected chi connectivity index (χ1v) is 20.1. The van der Waals surface area contributed by atoms with Gasteiger partial charge in [0.2, 0.25) is 0 Å². The van der Waals surface area contributed by atoms with E-state index in [4.69, 9.17) is 15.9 Å². The predicted molar refractivity (Wildman–Crippen MR) is 128 cm³/mol. The molecule has 0 aromatic heterocycles. The van der Waals surface area contributed by atoms with Gasteiger partial charge in [-0.25, -0.2) is 0 Å². The third-order valence-corrected chi connectivity index (χ3v) is 26.0. The summed E-state index contributed by atoms with van der Waals surface area (Å²) < 4.78 is 7.67. The molecule has 0 amide bonds. The Morgan fingerprint density at radius 1 is 0.731 bits per heavy atom. The third-order valence-electron chi connectivity index (χ3n) is 8.13. The second-order valence-electron chi connectivity index (χ2n) is 10.4. The molecule has 0 fully saturated rings. The van der Waals surface area contributed by atoms with E-state index in [0.29, 0.717) is 4.66 Å². The van der Waals surface area contributed by atoms with Crippen molar-refractivity contribution in [3.05, 3.63) is 0 Å². The van der Waals surface area contributed by atoms with Crippen molar-refractivity contribution in [3.8, 4) is 0 Å². The van der Waals surface area contributed by atoms with Crippen LogP contribution in [0.1, 0.15) is 53.4 Å². The summed E-state index contributed by atoms with van der Waals surface area (Å²) in [6.07, 6.45) is 4.61. The molecule has 0 bridgehead atoms. The van der Waals surface area contributed by atoms with Crippen LogP contribution in [0.3, 0.4) is 0 Å². The topological polar surface area (TPSA) is 61.3 Å². The lowest BCUT2D eigenvalue weighted by atomic mass is 10.3. The van der Waals surface area contributed by atoms with Gasteiger partial charge in [-0.15, -0.1) is 0 Å². The molecular weight excluding hydrogens is 368 g/mol. The van der Waals surface area contributed by atoms with Crippen LogP contribution in [0.15, 0.2) is 0 Å². The number of nitrogens with two attached hydrogens (primary N) is 2. The van der Waals surface area contributed by atoms with Crippen LogP contribution in [-0.2, 0) is 4.43 Å². The Bertz CT molecular complexity index is 429. The van der Waals surface area contributed by atoms with E-state index < -0.39 is 24.5 Å². The summed E-state index contributed by atoms with van der Waals surface area (Å²) in [6.45, 7) is 26.4. The van der Waals surface area contributed by atoms with Crippen LogP contribution in [0.5, 0.6) is 0 Å². The molecule has 0 rings (SSSR count). The smallest absolute Gasteiger partial charge is 0.190 e. The summed E-state index contributed by atoms with van der Waals surface area (Å²) in [5, 5.41) is 0.0344. The zero-order chi connectivity index (χ0) is 20.9. The van der Waals surface area contributed by atoms with Crippen molar-refractivity contribution in [1.29, 1.82) is 0 Å². The molecule has 0 saturated carbocycles. The Balaban J connectivity index is 5.80. The maximum absolute atomic E-state index is 7.32. The number of hydrogen-bond acceptors (Lipinski definition) is 3. The van der Waals surface area contributed by atoms with Gasteiger partial charge in [-0.05, 0) is 57.0 Å². The highest BCUT2D eigenvalue weighted by Crippen LogP contribution is 2.53. The molecule has 3 nitrogen and oxygen atoms in total. The summed E-state index contributed by atoms with van der Waals surface area (Å²) >= 11 is 0. The fourth-order valence-corrected chi connectivity index (χ4v) is 21.1. The van der Waals surface area contributed by atoms with Crippen LogP contribution in [0, 0.1) is 0 Å². The zero-order valence-corrected chi connectivity index (χ0v) is 22.7. The number of hydrogen-bond donors (Lipinski definition) is 2. The molecule has 0 spiro atoms. The SMILES string of the molecule is CCC(C)(O[Si](C)(C)C(C)(CC)[Si](C)(C)CCCN)[Si](C)(C)CCCN. The molecule has 0 heterocycles. The van der Waals surface area contributed by atoms with Gasteiger partial charge in [-0.1, -0.05) is 65.5 Å². The molecule has 0 radical (unpaired) electrons. The molecule has 0 aromatic rings. The van der Waals surface area contributed by atoms with E-state index in [0.717, 1.165) is 32.4 Å². The summed E-state index contributed by atoms with van der Waals surface area (Å²) in [5.74, 6) is 0. The van der Waals surface area contributed by atoms with Crippen molar-refractivity contribution in [2.75, 3.05) is 13.1 Å². The normalized spacial score (nSPS) is 18.5. The lowest BCUT2D eigenvalue weighted by Gasteiger charge is -2.56. The van der Waals surface area contributed by atoms with Crippen LogP contribution in [0.2, 0.25) is 56.0 Å². The van der Waals surface area contributed by atoms with E-state index in [1.54, 1.807) is 0 Å². The molecule has 0 aromatic carbocycles. The molecule has 0 aliphatic carbocycles. The fourth-order valence-electron chi connectivity index (χ4n) is 4.71. The maximum atomic E-state index is 7.32. The number of rotatable bonds is 13. The van der Waals surface area contributed by atoms with Gasteiger partial charge >= 0.3 is 0 Å². The Hall–Kier alpha value is 0.531. The Kier molecular flexibility index (Phi) is 10.0. The molecular formula is C20H50N2OSi3. The van der Waals surface area contributed by atoms with E-state index in [-0.39, 0.29) is 5.22 Å². The highest BCUT2D eigenvalue weighted by Gasteiger charge is 2.57. The van der Waals surface area contributed by atoms with Crippen molar-refractivity contribution in [3.63, 3.8) is 0 Å². The minimum atomic E-state index is -1.92. The molecule has 2 atom stereocenters. The van der Waals surface area contributed by atoms with E-state index in [1.807, 2.05) is 0 Å². The van der Waals surface area contributed by atoms with Crippen LogP contribution >= 0.6 is 0 Å². The van der Waals surface area contributed by atoms with Crippen molar-refractivity contribution < 1.29 is 4.43 Å². The van der Waals surface area contributed by atoms with E-state index >= 15 is 0 Å².